The van der Waals surface area contributed by atoms with E-state index in [-0.39, 0.29) is 24.0 Å². The number of nitrogens with zero attached hydrogens (tertiary/aromatic N) is 1. The van der Waals surface area contributed by atoms with Gasteiger partial charge in [0.05, 0.1) is 26.7 Å². The molecule has 1 atom stereocenters. The molecule has 0 aromatic heterocycles. The molecule has 0 aromatic rings. The van der Waals surface area contributed by atoms with Gasteiger partial charge >= 0.3 is 0 Å². The Morgan fingerprint density at radius 2 is 0.913 bits per heavy atom. The Bertz CT molecular complexity index is 226. The van der Waals surface area contributed by atoms with Crippen LogP contribution in [0, 0.1) is 0 Å². The van der Waals surface area contributed by atoms with E-state index in [2.05, 4.69) is 20.9 Å². The second-order valence-electron chi connectivity index (χ2n) is 7.37. The van der Waals surface area contributed by atoms with Crippen molar-refractivity contribution in [3.63, 3.8) is 0 Å². The van der Waals surface area contributed by atoms with Crippen LogP contribution in [-0.2, 0) is 0 Å². The van der Waals surface area contributed by atoms with Crippen molar-refractivity contribution in [2.75, 3.05) is 32.6 Å². The molecule has 0 radical (unpaired) electrons. The molecule has 0 rings (SSSR count). The number of quaternary nitrogens is 1. The summed E-state index contributed by atoms with van der Waals surface area (Å²) in [6.07, 6.45) is 18.0. The van der Waals surface area contributed by atoms with Crippen LogP contribution in [-0.4, -0.2) is 37.0 Å². The Morgan fingerprint density at radius 3 is 1.30 bits per heavy atom. The van der Waals surface area contributed by atoms with Crippen LogP contribution in [0.2, 0.25) is 0 Å². The molecular weight excluding hydrogens is 417 g/mol. The van der Waals surface area contributed by atoms with Crippen LogP contribution in [0.3, 0.4) is 0 Å². The summed E-state index contributed by atoms with van der Waals surface area (Å²) in [5.74, 6) is 0.827. The first-order valence-corrected chi connectivity index (χ1v) is 10.6. The molecule has 0 spiro atoms. The molecule has 142 valence electrons. The molecule has 0 aliphatic carbocycles. The predicted octanol–water partition coefficient (Wildman–Crippen LogP) is 3.79. The first-order valence-electron chi connectivity index (χ1n) is 10.1. The Kier molecular flexibility index (Phi) is 22.0. The Labute approximate surface area is 169 Å². The minimum Gasteiger partial charge on any atom is -1.00 e. The average molecular weight is 460 g/mol. The quantitative estimate of drug-likeness (QED) is 0.134. The predicted molar refractivity (Wildman–Crippen MR) is 103 cm³/mol. The third-order valence-electron chi connectivity index (χ3n) is 4.93. The summed E-state index contributed by atoms with van der Waals surface area (Å²) in [5.41, 5.74) is 0. The largest absolute Gasteiger partial charge is 1.00 e. The third kappa shape index (κ3) is 17.6. The molecule has 0 heterocycles. The first-order chi connectivity index (χ1) is 10.7. The maximum atomic E-state index is 5.86. The molecule has 0 aliphatic heterocycles. The lowest BCUT2D eigenvalue weighted by Gasteiger charge is -2.35. The van der Waals surface area contributed by atoms with E-state index in [9.17, 15) is 0 Å². The third-order valence-corrected chi connectivity index (χ3v) is 5.20. The molecule has 0 saturated heterocycles. The molecule has 23 heavy (non-hydrogen) atoms. The molecule has 0 aromatic carbocycles. The van der Waals surface area contributed by atoms with Gasteiger partial charge in [-0.05, 0) is 38.5 Å². The lowest BCUT2D eigenvalue weighted by molar-refractivity contribution is -0.910. The lowest BCUT2D eigenvalue weighted by Crippen LogP contribution is -3.00. The van der Waals surface area contributed by atoms with E-state index in [0.29, 0.717) is 0 Å². The first kappa shape index (κ1) is 26.2. The zero-order valence-corrected chi connectivity index (χ0v) is 19.1. The van der Waals surface area contributed by atoms with Crippen LogP contribution in [0.25, 0.3) is 0 Å². The van der Waals surface area contributed by atoms with Gasteiger partial charge in [0, 0.05) is 5.88 Å². The number of rotatable bonds is 17. The van der Waals surface area contributed by atoms with Crippen LogP contribution in [0.4, 0.5) is 0 Å². The van der Waals surface area contributed by atoms with E-state index in [1.807, 2.05) is 0 Å². The van der Waals surface area contributed by atoms with Crippen molar-refractivity contribution < 1.29 is 28.5 Å². The summed E-state index contributed by atoms with van der Waals surface area (Å²) in [4.78, 5) is 0. The van der Waals surface area contributed by atoms with Gasteiger partial charge in [-0.3, -0.25) is 0 Å². The van der Waals surface area contributed by atoms with Crippen molar-refractivity contribution in [3.8, 4) is 0 Å². The summed E-state index contributed by atoms with van der Waals surface area (Å²) < 4.78 is 1.29. The standard InChI is InChI=1S/C20H43ClN.HI/c1-4-6-8-10-12-15-19-22(3,20-16-13-17-21)18-14-11-9-7-5-2;/h4-20H2,1-3H3;1H/q+1;/p-1. The molecule has 0 amide bonds. The van der Waals surface area contributed by atoms with E-state index in [4.69, 9.17) is 11.6 Å². The SMILES string of the molecule is CCCCCCCC[N+](C)(CCCCCl)CCCCCCC.[I-]. The Morgan fingerprint density at radius 1 is 0.565 bits per heavy atom. The normalized spacial score (nSPS) is 13.6. The number of alkyl halides is 1. The maximum absolute atomic E-state index is 5.86. The molecule has 0 N–H and O–H groups in total. The van der Waals surface area contributed by atoms with Crippen LogP contribution >= 0.6 is 11.6 Å². The van der Waals surface area contributed by atoms with Crippen LogP contribution in [0.5, 0.6) is 0 Å². The van der Waals surface area contributed by atoms with Crippen LogP contribution in [0.15, 0.2) is 0 Å². The number of hydrogen-bond donors (Lipinski definition) is 0. The van der Waals surface area contributed by atoms with Crippen LogP contribution in [0.1, 0.15) is 97.3 Å². The average Bonchev–Trinajstić information content (AvgIpc) is 2.51. The summed E-state index contributed by atoms with van der Waals surface area (Å²) in [7, 11) is 2.49. The van der Waals surface area contributed by atoms with Gasteiger partial charge in [-0.1, -0.05) is 58.8 Å². The van der Waals surface area contributed by atoms with Gasteiger partial charge < -0.3 is 28.5 Å². The van der Waals surface area contributed by atoms with Gasteiger partial charge in [0.15, 0.2) is 0 Å². The van der Waals surface area contributed by atoms with Gasteiger partial charge in [0.25, 0.3) is 0 Å². The fourth-order valence-corrected chi connectivity index (χ4v) is 3.48. The highest BCUT2D eigenvalue weighted by Crippen LogP contribution is 2.14. The summed E-state index contributed by atoms with van der Waals surface area (Å²) >= 11 is 5.86. The van der Waals surface area contributed by atoms with Crippen LogP contribution < -0.4 is 24.0 Å². The van der Waals surface area contributed by atoms with E-state index in [0.717, 1.165) is 5.88 Å². The fraction of sp³-hybridized carbons (Fsp3) is 1.00. The summed E-state index contributed by atoms with van der Waals surface area (Å²) in [6, 6.07) is 0. The molecule has 0 bridgehead atoms. The van der Waals surface area contributed by atoms with Crippen molar-refractivity contribution >= 4 is 11.6 Å². The van der Waals surface area contributed by atoms with E-state index in [1.54, 1.807) is 0 Å². The highest BCUT2D eigenvalue weighted by molar-refractivity contribution is 6.17. The number of hydrogen-bond acceptors (Lipinski definition) is 0. The highest BCUT2D eigenvalue weighted by atomic mass is 127. The van der Waals surface area contributed by atoms with Crippen molar-refractivity contribution in [2.24, 2.45) is 0 Å². The van der Waals surface area contributed by atoms with Gasteiger partial charge in [-0.2, -0.15) is 0 Å². The second-order valence-corrected chi connectivity index (χ2v) is 7.75. The lowest BCUT2D eigenvalue weighted by atomic mass is 10.1. The minimum absolute atomic E-state index is 0. The minimum atomic E-state index is 0. The molecule has 0 fully saturated rings. The van der Waals surface area contributed by atoms with Crippen molar-refractivity contribution in [1.29, 1.82) is 0 Å². The van der Waals surface area contributed by atoms with Gasteiger partial charge in [0.1, 0.15) is 0 Å². The summed E-state index contributed by atoms with van der Waals surface area (Å²) in [5, 5.41) is 0. The summed E-state index contributed by atoms with van der Waals surface area (Å²) in [6.45, 7) is 8.67. The molecule has 0 aliphatic rings. The highest BCUT2D eigenvalue weighted by Gasteiger charge is 2.19. The van der Waals surface area contributed by atoms with Gasteiger partial charge in [-0.25, -0.2) is 0 Å². The Balaban J connectivity index is 0. The van der Waals surface area contributed by atoms with E-state index < -0.39 is 0 Å². The topological polar surface area (TPSA) is 0 Å². The van der Waals surface area contributed by atoms with Gasteiger partial charge in [0.2, 0.25) is 0 Å². The molecule has 0 saturated carbocycles. The molecule has 1 unspecified atom stereocenters. The zero-order chi connectivity index (χ0) is 16.5. The van der Waals surface area contributed by atoms with Crippen molar-refractivity contribution in [1.82, 2.24) is 0 Å². The second kappa shape index (κ2) is 19.3. The maximum Gasteiger partial charge on any atom is 0.0784 e. The van der Waals surface area contributed by atoms with Crippen molar-refractivity contribution in [2.45, 2.75) is 97.3 Å². The fourth-order valence-electron chi connectivity index (χ4n) is 3.29. The molecular formula is C20H43ClIN. The number of unbranched alkanes of at least 4 members (excludes halogenated alkanes) is 10. The van der Waals surface area contributed by atoms with E-state index >= 15 is 0 Å². The van der Waals surface area contributed by atoms with Gasteiger partial charge in [-0.15, -0.1) is 11.6 Å². The zero-order valence-electron chi connectivity index (χ0n) is 16.2. The smallest absolute Gasteiger partial charge is 0.0784 e. The Hall–Kier alpha value is 0.980. The molecule has 1 nitrogen and oxygen atoms in total. The monoisotopic (exact) mass is 459 g/mol. The number of halogens is 2. The van der Waals surface area contributed by atoms with Crippen molar-refractivity contribution in [3.05, 3.63) is 0 Å². The molecule has 3 heteroatoms. The van der Waals surface area contributed by atoms with E-state index in [1.165, 1.54) is 108 Å².